The molecule has 1 aliphatic rings. The van der Waals surface area contributed by atoms with Gasteiger partial charge in [-0.3, -0.25) is 0 Å². The second-order valence-corrected chi connectivity index (χ2v) is 2.89. The molecule has 0 aromatic carbocycles. The molecule has 0 radical (unpaired) electrons. The van der Waals surface area contributed by atoms with Crippen molar-refractivity contribution in [1.29, 1.82) is 0 Å². The summed E-state index contributed by atoms with van der Waals surface area (Å²) in [5.41, 5.74) is 1.59. The Hall–Kier alpha value is -1.42. The lowest BCUT2D eigenvalue weighted by molar-refractivity contribution is 0.212. The Morgan fingerprint density at radius 3 is 2.77 bits per heavy atom. The number of nitrogens with zero attached hydrogens (tertiary/aromatic N) is 2. The molecular weight excluding hydrogens is 168 g/mol. The Bertz CT molecular complexity index is 311. The van der Waals surface area contributed by atoms with Gasteiger partial charge in [0.25, 0.3) is 0 Å². The molecular formula is C9H10N2O2. The molecule has 68 valence electrons. The molecule has 1 atom stereocenters. The molecule has 4 nitrogen and oxygen atoms in total. The van der Waals surface area contributed by atoms with E-state index < -0.39 is 6.10 Å². The Labute approximate surface area is 75.9 Å². The summed E-state index contributed by atoms with van der Waals surface area (Å²) in [7, 11) is 0. The van der Waals surface area contributed by atoms with E-state index in [0.29, 0.717) is 12.2 Å². The summed E-state index contributed by atoms with van der Waals surface area (Å²) in [6, 6.07) is 0. The molecule has 13 heavy (non-hydrogen) atoms. The first kappa shape index (κ1) is 8.19. The van der Waals surface area contributed by atoms with Gasteiger partial charge in [-0.2, -0.15) is 0 Å². The van der Waals surface area contributed by atoms with E-state index in [4.69, 9.17) is 4.74 Å². The maximum absolute atomic E-state index is 9.79. The van der Waals surface area contributed by atoms with E-state index in [1.54, 1.807) is 18.7 Å². The molecule has 0 spiro atoms. The third-order valence-corrected chi connectivity index (χ3v) is 1.99. The predicted molar refractivity (Wildman–Crippen MR) is 45.6 cm³/mol. The van der Waals surface area contributed by atoms with Crippen molar-refractivity contribution in [2.24, 2.45) is 0 Å². The first-order chi connectivity index (χ1) is 6.38. The molecule has 0 amide bonds. The average molecular weight is 178 g/mol. The second-order valence-electron chi connectivity index (χ2n) is 2.89. The minimum absolute atomic E-state index is 0.622. The maximum atomic E-state index is 9.79. The van der Waals surface area contributed by atoms with Gasteiger partial charge in [0.2, 0.25) is 0 Å². The lowest BCUT2D eigenvalue weighted by Crippen LogP contribution is -2.01. The Kier molecular flexibility index (Phi) is 2.23. The van der Waals surface area contributed by atoms with Crippen molar-refractivity contribution in [2.45, 2.75) is 12.5 Å². The number of hydrogen-bond acceptors (Lipinski definition) is 4. The normalized spacial score (nSPS) is 17.8. The first-order valence-corrected chi connectivity index (χ1v) is 4.11. The Morgan fingerprint density at radius 2 is 2.15 bits per heavy atom. The summed E-state index contributed by atoms with van der Waals surface area (Å²) in [4.78, 5) is 7.68. The van der Waals surface area contributed by atoms with Crippen molar-refractivity contribution in [3.63, 3.8) is 0 Å². The topological polar surface area (TPSA) is 55.2 Å². The number of ether oxygens (including phenoxy) is 1. The molecule has 0 saturated carbocycles. The molecule has 1 aromatic rings. The number of aliphatic hydroxyl groups is 1. The minimum Gasteiger partial charge on any atom is -0.501 e. The fraction of sp³-hybridized carbons (Fsp3) is 0.333. The van der Waals surface area contributed by atoms with Crippen molar-refractivity contribution >= 4 is 0 Å². The lowest BCUT2D eigenvalue weighted by Gasteiger charge is -2.08. The summed E-state index contributed by atoms with van der Waals surface area (Å²) >= 11 is 0. The number of hydrogen-bond donors (Lipinski definition) is 1. The Morgan fingerprint density at radius 1 is 1.38 bits per heavy atom. The van der Waals surface area contributed by atoms with Crippen LogP contribution in [0.5, 0.6) is 0 Å². The lowest BCUT2D eigenvalue weighted by atomic mass is 10.0. The molecule has 2 rings (SSSR count). The van der Waals surface area contributed by atoms with E-state index >= 15 is 0 Å². The third-order valence-electron chi connectivity index (χ3n) is 1.99. The van der Waals surface area contributed by atoms with Crippen LogP contribution in [0, 0.1) is 0 Å². The van der Waals surface area contributed by atoms with Crippen molar-refractivity contribution in [3.05, 3.63) is 36.1 Å². The molecule has 0 bridgehead atoms. The molecule has 4 heteroatoms. The molecule has 0 aliphatic carbocycles. The van der Waals surface area contributed by atoms with E-state index in [1.165, 1.54) is 6.33 Å². The highest BCUT2D eigenvalue weighted by Gasteiger charge is 2.17. The molecule has 2 heterocycles. The molecule has 0 fully saturated rings. The zero-order valence-corrected chi connectivity index (χ0v) is 7.05. The highest BCUT2D eigenvalue weighted by molar-refractivity contribution is 5.21. The van der Waals surface area contributed by atoms with Crippen LogP contribution >= 0.6 is 0 Å². The Balaban J connectivity index is 2.17. The summed E-state index contributed by atoms with van der Waals surface area (Å²) in [5.74, 6) is 0. The second kappa shape index (κ2) is 3.53. The number of rotatable bonds is 2. The zero-order valence-electron chi connectivity index (χ0n) is 7.05. The van der Waals surface area contributed by atoms with Gasteiger partial charge in [-0.25, -0.2) is 9.97 Å². The molecule has 1 aromatic heterocycles. The van der Waals surface area contributed by atoms with Gasteiger partial charge in [0, 0.05) is 30.0 Å². The van der Waals surface area contributed by atoms with Crippen LogP contribution in [0.2, 0.25) is 0 Å². The largest absolute Gasteiger partial charge is 0.501 e. The van der Waals surface area contributed by atoms with Gasteiger partial charge in [0.15, 0.2) is 0 Å². The third kappa shape index (κ3) is 1.67. The van der Waals surface area contributed by atoms with Gasteiger partial charge in [0.1, 0.15) is 12.4 Å². The minimum atomic E-state index is -0.622. The van der Waals surface area contributed by atoms with Crippen molar-refractivity contribution < 1.29 is 9.84 Å². The van der Waals surface area contributed by atoms with Gasteiger partial charge in [-0.05, 0) is 0 Å². The van der Waals surface area contributed by atoms with Crippen LogP contribution in [0.1, 0.15) is 18.1 Å². The van der Waals surface area contributed by atoms with Gasteiger partial charge >= 0.3 is 0 Å². The van der Waals surface area contributed by atoms with E-state index in [9.17, 15) is 5.11 Å². The molecule has 0 saturated heterocycles. The van der Waals surface area contributed by atoms with Crippen LogP contribution in [0.25, 0.3) is 0 Å². The van der Waals surface area contributed by atoms with E-state index in [2.05, 4.69) is 9.97 Å². The van der Waals surface area contributed by atoms with Crippen LogP contribution in [0.3, 0.4) is 0 Å². The molecule has 1 aliphatic heterocycles. The highest BCUT2D eigenvalue weighted by atomic mass is 16.5. The van der Waals surface area contributed by atoms with Gasteiger partial charge < -0.3 is 9.84 Å². The predicted octanol–water partition coefficient (Wildman–Crippen LogP) is 0.814. The van der Waals surface area contributed by atoms with E-state index in [-0.39, 0.29) is 0 Å². The summed E-state index contributed by atoms with van der Waals surface area (Å²) in [6.45, 7) is 0.653. The van der Waals surface area contributed by atoms with Crippen LogP contribution < -0.4 is 0 Å². The smallest absolute Gasteiger partial charge is 0.115 e. The summed E-state index contributed by atoms with van der Waals surface area (Å²) in [6.07, 6.45) is 6.42. The number of aliphatic hydroxyl groups excluding tert-OH is 1. The highest BCUT2D eigenvalue weighted by Crippen LogP contribution is 2.25. The van der Waals surface area contributed by atoms with Crippen LogP contribution in [-0.2, 0) is 4.74 Å². The van der Waals surface area contributed by atoms with Crippen molar-refractivity contribution in [1.82, 2.24) is 9.97 Å². The molecule has 1 N–H and O–H groups in total. The van der Waals surface area contributed by atoms with Crippen LogP contribution in [0.4, 0.5) is 0 Å². The quantitative estimate of drug-likeness (QED) is 0.728. The van der Waals surface area contributed by atoms with Crippen LogP contribution in [0.15, 0.2) is 30.6 Å². The van der Waals surface area contributed by atoms with E-state index in [1.807, 2.05) is 0 Å². The standard InChI is InChI=1S/C9H10N2O2/c12-9(7-1-2-13-5-7)8-3-10-6-11-4-8/h3-6,9,12H,1-2H2. The van der Waals surface area contributed by atoms with Crippen LogP contribution in [-0.4, -0.2) is 21.7 Å². The van der Waals surface area contributed by atoms with Crippen molar-refractivity contribution in [3.8, 4) is 0 Å². The SMILES string of the molecule is OC(C1=COCC1)c1cncnc1. The average Bonchev–Trinajstić information content (AvgIpc) is 2.71. The van der Waals surface area contributed by atoms with Gasteiger partial charge in [0.05, 0.1) is 12.9 Å². The fourth-order valence-corrected chi connectivity index (χ4v) is 1.27. The van der Waals surface area contributed by atoms with Gasteiger partial charge in [-0.15, -0.1) is 0 Å². The summed E-state index contributed by atoms with van der Waals surface area (Å²) < 4.78 is 5.04. The zero-order chi connectivity index (χ0) is 9.10. The van der Waals surface area contributed by atoms with Gasteiger partial charge in [-0.1, -0.05) is 0 Å². The monoisotopic (exact) mass is 178 g/mol. The maximum Gasteiger partial charge on any atom is 0.115 e. The summed E-state index contributed by atoms with van der Waals surface area (Å²) in [5, 5.41) is 9.79. The fourth-order valence-electron chi connectivity index (χ4n) is 1.27. The van der Waals surface area contributed by atoms with E-state index in [0.717, 1.165) is 12.0 Å². The first-order valence-electron chi connectivity index (χ1n) is 4.11. The number of aromatic nitrogens is 2. The van der Waals surface area contributed by atoms with Crippen molar-refractivity contribution in [2.75, 3.05) is 6.61 Å². The molecule has 1 unspecified atom stereocenters.